The van der Waals surface area contributed by atoms with Gasteiger partial charge in [-0.15, -0.1) is 0 Å². The number of fused-ring (bicyclic) bond motifs is 1. The van der Waals surface area contributed by atoms with Gasteiger partial charge in [0.2, 0.25) is 0 Å². The molecule has 0 radical (unpaired) electrons. The lowest BCUT2D eigenvalue weighted by atomic mass is 9.96. The van der Waals surface area contributed by atoms with Gasteiger partial charge in [0, 0.05) is 37.3 Å². The van der Waals surface area contributed by atoms with Crippen LogP contribution in [-0.2, 0) is 12.8 Å². The number of benzene rings is 1. The summed E-state index contributed by atoms with van der Waals surface area (Å²) in [6.45, 7) is 1.82. The Kier molecular flexibility index (Phi) is 5.18. The quantitative estimate of drug-likeness (QED) is 0.772. The lowest BCUT2D eigenvalue weighted by Gasteiger charge is -2.35. The van der Waals surface area contributed by atoms with Crippen molar-refractivity contribution in [1.29, 1.82) is 0 Å². The number of methoxy groups -OCH3 is 1. The predicted molar refractivity (Wildman–Crippen MR) is 104 cm³/mol. The summed E-state index contributed by atoms with van der Waals surface area (Å²) in [4.78, 5) is 22.2. The third kappa shape index (κ3) is 4.02. The number of anilines is 1. The molecule has 2 aliphatic rings. The van der Waals surface area contributed by atoms with Gasteiger partial charge in [0.1, 0.15) is 5.75 Å². The van der Waals surface area contributed by atoms with E-state index in [1.54, 1.807) is 13.4 Å². The summed E-state index contributed by atoms with van der Waals surface area (Å²) in [5.74, 6) is 0.900. The molecule has 3 N–H and O–H groups in total. The van der Waals surface area contributed by atoms with Crippen LogP contribution in [0, 0.1) is 0 Å². The minimum atomic E-state index is -0.0568. The van der Waals surface area contributed by atoms with E-state index in [0.717, 1.165) is 68.0 Å². The van der Waals surface area contributed by atoms with Gasteiger partial charge in [-0.3, -0.25) is 0 Å². The third-order valence-corrected chi connectivity index (χ3v) is 5.58. The molecule has 0 bridgehead atoms. The summed E-state index contributed by atoms with van der Waals surface area (Å²) < 4.78 is 5.47. The molecule has 7 nitrogen and oxygen atoms in total. The number of hydrogen-bond donors (Lipinski definition) is 3. The van der Waals surface area contributed by atoms with E-state index in [0.29, 0.717) is 0 Å². The Morgan fingerprint density at radius 2 is 1.96 bits per heavy atom. The summed E-state index contributed by atoms with van der Waals surface area (Å²) in [5, 5.41) is 6.28. The summed E-state index contributed by atoms with van der Waals surface area (Å²) in [5.41, 5.74) is 3.41. The fourth-order valence-corrected chi connectivity index (χ4v) is 4.09. The van der Waals surface area contributed by atoms with Crippen molar-refractivity contribution in [3.63, 3.8) is 0 Å². The van der Waals surface area contributed by atoms with Crippen molar-refractivity contribution in [3.8, 4) is 5.75 Å². The van der Waals surface area contributed by atoms with E-state index in [9.17, 15) is 4.79 Å². The van der Waals surface area contributed by atoms with Crippen LogP contribution in [0.4, 0.5) is 10.5 Å². The van der Waals surface area contributed by atoms with Gasteiger partial charge in [0.05, 0.1) is 24.8 Å². The largest absolute Gasteiger partial charge is 0.495 e. The number of carbonyl (C=O) groups excluding carboxylic acids is 1. The second-order valence-electron chi connectivity index (χ2n) is 7.32. The number of piperidine rings is 1. The monoisotopic (exact) mass is 369 g/mol. The molecule has 1 saturated heterocycles. The minimum absolute atomic E-state index is 0.0568. The maximum absolute atomic E-state index is 12.4. The molecule has 2 heterocycles. The first-order chi connectivity index (χ1) is 13.2. The lowest BCUT2D eigenvalue weighted by molar-refractivity contribution is 0.229. The lowest BCUT2D eigenvalue weighted by Crippen LogP contribution is -2.51. The number of aromatic amines is 1. The minimum Gasteiger partial charge on any atom is -0.495 e. The normalized spacial score (nSPS) is 20.0. The Bertz CT molecular complexity index is 782. The Labute approximate surface area is 159 Å². The first kappa shape index (κ1) is 17.7. The van der Waals surface area contributed by atoms with Crippen LogP contribution in [0.2, 0.25) is 0 Å². The number of ether oxygens (including phenoxy) is 1. The number of amides is 2. The molecule has 4 rings (SSSR count). The molecule has 144 valence electrons. The van der Waals surface area contributed by atoms with Gasteiger partial charge in [-0.2, -0.15) is 0 Å². The number of imidazole rings is 1. The molecular formula is C20H27N5O2. The van der Waals surface area contributed by atoms with Crippen molar-refractivity contribution in [2.24, 2.45) is 0 Å². The van der Waals surface area contributed by atoms with Crippen molar-refractivity contribution in [3.05, 3.63) is 42.0 Å². The highest BCUT2D eigenvalue weighted by atomic mass is 16.5. The number of para-hydroxylation sites is 2. The molecule has 0 spiro atoms. The molecule has 1 aromatic heterocycles. The van der Waals surface area contributed by atoms with Gasteiger partial charge in [-0.25, -0.2) is 9.78 Å². The van der Waals surface area contributed by atoms with Crippen LogP contribution in [-0.4, -0.2) is 48.3 Å². The maximum Gasteiger partial charge on any atom is 0.315 e. The molecule has 0 saturated carbocycles. The number of aromatic nitrogens is 2. The molecule has 1 aliphatic heterocycles. The van der Waals surface area contributed by atoms with Gasteiger partial charge < -0.3 is 25.3 Å². The molecule has 2 aromatic rings. The summed E-state index contributed by atoms with van der Waals surface area (Å²) >= 11 is 0. The SMILES string of the molecule is COc1ccccc1N1CCC(NC(=O)NC2CCc3nc[nH]c3C2)CC1. The second kappa shape index (κ2) is 7.90. The van der Waals surface area contributed by atoms with E-state index >= 15 is 0 Å². The van der Waals surface area contributed by atoms with Crippen LogP contribution >= 0.6 is 0 Å². The van der Waals surface area contributed by atoms with E-state index < -0.39 is 0 Å². The fraction of sp³-hybridized carbons (Fsp3) is 0.500. The maximum atomic E-state index is 12.4. The van der Waals surface area contributed by atoms with Crippen LogP contribution < -0.4 is 20.3 Å². The van der Waals surface area contributed by atoms with Gasteiger partial charge >= 0.3 is 6.03 Å². The summed E-state index contributed by atoms with van der Waals surface area (Å²) in [7, 11) is 1.70. The van der Waals surface area contributed by atoms with Gasteiger partial charge in [0.25, 0.3) is 0 Å². The Hall–Kier alpha value is -2.70. The van der Waals surface area contributed by atoms with Crippen molar-refractivity contribution in [2.75, 3.05) is 25.1 Å². The van der Waals surface area contributed by atoms with Crippen molar-refractivity contribution < 1.29 is 9.53 Å². The zero-order valence-electron chi connectivity index (χ0n) is 15.7. The number of rotatable bonds is 4. The number of nitrogens with zero attached hydrogens (tertiary/aromatic N) is 2. The van der Waals surface area contributed by atoms with Gasteiger partial charge in [-0.1, -0.05) is 12.1 Å². The number of nitrogens with one attached hydrogen (secondary N) is 3. The number of aryl methyl sites for hydroxylation is 1. The highest BCUT2D eigenvalue weighted by Gasteiger charge is 2.25. The van der Waals surface area contributed by atoms with Crippen molar-refractivity contribution >= 4 is 11.7 Å². The van der Waals surface area contributed by atoms with Crippen molar-refractivity contribution in [2.45, 2.75) is 44.2 Å². The van der Waals surface area contributed by atoms with Crippen LogP contribution in [0.1, 0.15) is 30.7 Å². The molecule has 1 atom stereocenters. The van der Waals surface area contributed by atoms with E-state index in [2.05, 4.69) is 31.6 Å². The predicted octanol–water partition coefficient (Wildman–Crippen LogP) is 2.24. The van der Waals surface area contributed by atoms with Crippen LogP contribution in [0.15, 0.2) is 30.6 Å². The zero-order chi connectivity index (χ0) is 18.6. The van der Waals surface area contributed by atoms with Gasteiger partial charge in [-0.05, 0) is 37.8 Å². The van der Waals surface area contributed by atoms with E-state index in [-0.39, 0.29) is 18.1 Å². The molecule has 1 unspecified atom stereocenters. The number of H-pyrrole nitrogens is 1. The van der Waals surface area contributed by atoms with E-state index in [1.807, 2.05) is 18.2 Å². The number of hydrogen-bond acceptors (Lipinski definition) is 4. The molecule has 1 aliphatic carbocycles. The molecule has 1 aromatic carbocycles. The average molecular weight is 369 g/mol. The van der Waals surface area contributed by atoms with Crippen LogP contribution in [0.3, 0.4) is 0 Å². The molecule has 7 heteroatoms. The first-order valence-corrected chi connectivity index (χ1v) is 9.69. The Morgan fingerprint density at radius 3 is 2.78 bits per heavy atom. The molecule has 1 fully saturated rings. The average Bonchev–Trinajstić information content (AvgIpc) is 3.16. The molecular weight excluding hydrogens is 342 g/mol. The van der Waals surface area contributed by atoms with E-state index in [1.165, 1.54) is 0 Å². The Morgan fingerprint density at radius 1 is 1.19 bits per heavy atom. The zero-order valence-corrected chi connectivity index (χ0v) is 15.7. The smallest absolute Gasteiger partial charge is 0.315 e. The second-order valence-corrected chi connectivity index (χ2v) is 7.32. The fourth-order valence-electron chi connectivity index (χ4n) is 4.09. The van der Waals surface area contributed by atoms with E-state index in [4.69, 9.17) is 4.74 Å². The third-order valence-electron chi connectivity index (χ3n) is 5.58. The number of urea groups is 1. The summed E-state index contributed by atoms with van der Waals surface area (Å²) in [6.07, 6.45) is 6.29. The highest BCUT2D eigenvalue weighted by molar-refractivity contribution is 5.74. The standard InChI is InChI=1S/C20H27N5O2/c1-27-19-5-3-2-4-18(19)25-10-8-14(9-11-25)23-20(26)24-15-6-7-16-17(12-15)22-13-21-16/h2-5,13-15H,6-12H2,1H3,(H,21,22)(H2,23,24,26). The summed E-state index contributed by atoms with van der Waals surface area (Å²) in [6, 6.07) is 8.42. The highest BCUT2D eigenvalue weighted by Crippen LogP contribution is 2.29. The number of carbonyl (C=O) groups is 1. The van der Waals surface area contributed by atoms with Crippen molar-refractivity contribution in [1.82, 2.24) is 20.6 Å². The van der Waals surface area contributed by atoms with Gasteiger partial charge in [0.15, 0.2) is 0 Å². The van der Waals surface area contributed by atoms with Crippen LogP contribution in [0.25, 0.3) is 0 Å². The van der Waals surface area contributed by atoms with Crippen LogP contribution in [0.5, 0.6) is 5.75 Å². The molecule has 27 heavy (non-hydrogen) atoms. The molecule has 2 amide bonds. The Balaban J connectivity index is 1.25. The topological polar surface area (TPSA) is 82.3 Å². The first-order valence-electron chi connectivity index (χ1n) is 9.69.